The Balaban J connectivity index is 2.27. The average Bonchev–Trinajstić information content (AvgIpc) is 2.50. The van der Waals surface area contributed by atoms with E-state index in [1.54, 1.807) is 0 Å². The first-order valence-corrected chi connectivity index (χ1v) is 6.39. The molecule has 1 N–H and O–H groups in total. The van der Waals surface area contributed by atoms with Gasteiger partial charge in [0.1, 0.15) is 5.82 Å². The highest BCUT2D eigenvalue weighted by Crippen LogP contribution is 2.28. The van der Waals surface area contributed by atoms with Gasteiger partial charge in [-0.3, -0.25) is 14.9 Å². The van der Waals surface area contributed by atoms with Gasteiger partial charge in [0.05, 0.1) is 17.1 Å². The molecule has 0 bridgehead atoms. The first-order valence-electron chi connectivity index (χ1n) is 6.01. The molecule has 0 heterocycles. The zero-order valence-electron chi connectivity index (χ0n) is 11.3. The third-order valence-electron chi connectivity index (χ3n) is 2.82. The van der Waals surface area contributed by atoms with Crippen LogP contribution in [0, 0.1) is 15.9 Å². The smallest absolute Gasteiger partial charge is 0.311 e. The van der Waals surface area contributed by atoms with Gasteiger partial charge in [-0.1, -0.05) is 11.6 Å². The van der Waals surface area contributed by atoms with Crippen LogP contribution in [0.5, 0.6) is 5.75 Å². The Hall–Kier alpha value is -2.67. The van der Waals surface area contributed by atoms with Crippen molar-refractivity contribution in [2.45, 2.75) is 0 Å². The number of nitrogens with one attached hydrogen (secondary N) is 1. The number of carbonyl (C=O) groups is 1. The molecule has 0 spiro atoms. The van der Waals surface area contributed by atoms with E-state index in [0.717, 1.165) is 12.1 Å². The molecule has 0 saturated carbocycles. The number of nitro benzene ring substituents is 1. The van der Waals surface area contributed by atoms with Crippen molar-refractivity contribution < 1.29 is 18.8 Å². The molecule has 6 nitrogen and oxygen atoms in total. The molecule has 0 fully saturated rings. The Morgan fingerprint density at radius 1 is 1.32 bits per heavy atom. The maximum absolute atomic E-state index is 13.1. The number of methoxy groups -OCH3 is 1. The normalized spacial score (nSPS) is 10.1. The maximum Gasteiger partial charge on any atom is 0.311 e. The number of rotatable bonds is 4. The van der Waals surface area contributed by atoms with E-state index in [2.05, 4.69) is 5.32 Å². The Morgan fingerprint density at radius 3 is 2.64 bits per heavy atom. The quantitative estimate of drug-likeness (QED) is 0.687. The number of hydrogen-bond acceptors (Lipinski definition) is 4. The molecule has 2 rings (SSSR count). The second-order valence-electron chi connectivity index (χ2n) is 4.23. The average molecular weight is 325 g/mol. The van der Waals surface area contributed by atoms with Crippen LogP contribution in [0.3, 0.4) is 0 Å². The third-order valence-corrected chi connectivity index (χ3v) is 3.10. The number of halogens is 2. The standard InChI is InChI=1S/C14H10ClFN2O4/c1-22-13-5-2-8(6-12(13)18(20)21)14(19)17-9-3-4-11(16)10(15)7-9/h2-7H,1H3,(H,17,19). The Kier molecular flexibility index (Phi) is 4.57. The van der Waals surface area contributed by atoms with Crippen LogP contribution in [-0.2, 0) is 0 Å². The molecule has 0 unspecified atom stereocenters. The molecule has 0 atom stereocenters. The summed E-state index contributed by atoms with van der Waals surface area (Å²) < 4.78 is 17.9. The zero-order valence-corrected chi connectivity index (χ0v) is 12.1. The molecule has 0 aromatic heterocycles. The first kappa shape index (κ1) is 15.7. The van der Waals surface area contributed by atoms with Crippen molar-refractivity contribution in [1.82, 2.24) is 0 Å². The molecular weight excluding hydrogens is 315 g/mol. The summed E-state index contributed by atoms with van der Waals surface area (Å²) in [5, 5.41) is 13.3. The number of benzene rings is 2. The van der Waals surface area contributed by atoms with E-state index in [4.69, 9.17) is 16.3 Å². The molecule has 8 heteroatoms. The summed E-state index contributed by atoms with van der Waals surface area (Å²) in [5.41, 5.74) is 0.00936. The molecule has 22 heavy (non-hydrogen) atoms. The number of nitrogens with zero attached hydrogens (tertiary/aromatic N) is 1. The van der Waals surface area contributed by atoms with E-state index in [-0.39, 0.29) is 27.7 Å². The predicted octanol–water partition coefficient (Wildman–Crippen LogP) is 3.65. The van der Waals surface area contributed by atoms with Gasteiger partial charge in [0, 0.05) is 17.3 Å². The number of nitro groups is 1. The van der Waals surface area contributed by atoms with Crippen LogP contribution in [0.1, 0.15) is 10.4 Å². The van der Waals surface area contributed by atoms with E-state index in [0.29, 0.717) is 0 Å². The molecule has 0 saturated heterocycles. The number of anilines is 1. The van der Waals surface area contributed by atoms with Gasteiger partial charge in [-0.2, -0.15) is 0 Å². The topological polar surface area (TPSA) is 81.5 Å². The van der Waals surface area contributed by atoms with Gasteiger partial charge in [0.25, 0.3) is 5.91 Å². The molecule has 114 valence electrons. The highest BCUT2D eigenvalue weighted by Gasteiger charge is 2.18. The lowest BCUT2D eigenvalue weighted by atomic mass is 10.1. The van der Waals surface area contributed by atoms with Gasteiger partial charge in [-0.25, -0.2) is 4.39 Å². The molecule has 0 aliphatic rings. The van der Waals surface area contributed by atoms with E-state index in [9.17, 15) is 19.3 Å². The fourth-order valence-electron chi connectivity index (χ4n) is 1.75. The fourth-order valence-corrected chi connectivity index (χ4v) is 1.93. The highest BCUT2D eigenvalue weighted by atomic mass is 35.5. The van der Waals surface area contributed by atoms with Crippen molar-refractivity contribution in [3.8, 4) is 5.75 Å². The predicted molar refractivity (Wildman–Crippen MR) is 79.0 cm³/mol. The van der Waals surface area contributed by atoms with Gasteiger partial charge in [-0.15, -0.1) is 0 Å². The molecule has 2 aromatic carbocycles. The minimum absolute atomic E-state index is 0.0476. The number of ether oxygens (including phenoxy) is 1. The second-order valence-corrected chi connectivity index (χ2v) is 4.63. The summed E-state index contributed by atoms with van der Waals surface area (Å²) in [5.74, 6) is -1.15. The summed E-state index contributed by atoms with van der Waals surface area (Å²) in [7, 11) is 1.29. The highest BCUT2D eigenvalue weighted by molar-refractivity contribution is 6.31. The van der Waals surface area contributed by atoms with Crippen molar-refractivity contribution in [2.75, 3.05) is 12.4 Å². The lowest BCUT2D eigenvalue weighted by molar-refractivity contribution is -0.385. The lowest BCUT2D eigenvalue weighted by Crippen LogP contribution is -2.12. The van der Waals surface area contributed by atoms with Gasteiger partial charge in [0.2, 0.25) is 0 Å². The van der Waals surface area contributed by atoms with Gasteiger partial charge in [0.15, 0.2) is 5.75 Å². The second kappa shape index (κ2) is 6.40. The van der Waals surface area contributed by atoms with Crippen molar-refractivity contribution in [1.29, 1.82) is 0 Å². The minimum atomic E-state index is -0.648. The largest absolute Gasteiger partial charge is 0.490 e. The van der Waals surface area contributed by atoms with Crippen molar-refractivity contribution in [2.24, 2.45) is 0 Å². The van der Waals surface area contributed by atoms with Crippen molar-refractivity contribution in [3.63, 3.8) is 0 Å². The van der Waals surface area contributed by atoms with Gasteiger partial charge >= 0.3 is 5.69 Å². The lowest BCUT2D eigenvalue weighted by Gasteiger charge is -2.07. The summed E-state index contributed by atoms with van der Waals surface area (Å²) in [6.45, 7) is 0. The monoisotopic (exact) mass is 324 g/mol. The van der Waals surface area contributed by atoms with Crippen LogP contribution < -0.4 is 10.1 Å². The van der Waals surface area contributed by atoms with E-state index in [1.807, 2.05) is 0 Å². The van der Waals surface area contributed by atoms with Crippen molar-refractivity contribution in [3.05, 3.63) is 62.9 Å². The summed E-state index contributed by atoms with van der Waals surface area (Å²) in [6, 6.07) is 7.48. The Bertz CT molecular complexity index is 752. The number of hydrogen-bond donors (Lipinski definition) is 1. The van der Waals surface area contributed by atoms with E-state index < -0.39 is 16.6 Å². The van der Waals surface area contributed by atoms with Crippen LogP contribution in [0.15, 0.2) is 36.4 Å². The minimum Gasteiger partial charge on any atom is -0.490 e. The van der Waals surface area contributed by atoms with E-state index in [1.165, 1.54) is 31.4 Å². The van der Waals surface area contributed by atoms with Crippen molar-refractivity contribution >= 4 is 28.9 Å². The number of amides is 1. The molecule has 0 aliphatic carbocycles. The molecule has 2 aromatic rings. The Morgan fingerprint density at radius 2 is 2.05 bits per heavy atom. The summed E-state index contributed by atoms with van der Waals surface area (Å²) in [6.07, 6.45) is 0. The molecule has 0 aliphatic heterocycles. The Labute approximate surface area is 129 Å². The van der Waals surface area contributed by atoms with Crippen LogP contribution in [0.4, 0.5) is 15.8 Å². The third kappa shape index (κ3) is 3.32. The maximum atomic E-state index is 13.1. The number of carbonyl (C=O) groups excluding carboxylic acids is 1. The fraction of sp³-hybridized carbons (Fsp3) is 0.0714. The van der Waals surface area contributed by atoms with E-state index >= 15 is 0 Å². The van der Waals surface area contributed by atoms with Gasteiger partial charge < -0.3 is 10.1 Å². The van der Waals surface area contributed by atoms with Crippen LogP contribution in [0.2, 0.25) is 5.02 Å². The van der Waals surface area contributed by atoms with Gasteiger partial charge in [-0.05, 0) is 30.3 Å². The zero-order chi connectivity index (χ0) is 16.3. The molecule has 1 amide bonds. The van der Waals surface area contributed by atoms with Crippen LogP contribution >= 0.6 is 11.6 Å². The summed E-state index contributed by atoms with van der Waals surface area (Å²) in [4.78, 5) is 22.4. The SMILES string of the molecule is COc1ccc(C(=O)Nc2ccc(F)c(Cl)c2)cc1[N+](=O)[O-]. The molecule has 0 radical (unpaired) electrons. The van der Waals surface area contributed by atoms with Crippen LogP contribution in [0.25, 0.3) is 0 Å². The van der Waals surface area contributed by atoms with Crippen LogP contribution in [-0.4, -0.2) is 17.9 Å². The summed E-state index contributed by atoms with van der Waals surface area (Å²) >= 11 is 5.62. The molecular formula is C14H10ClFN2O4. The first-order chi connectivity index (χ1) is 10.4.